The summed E-state index contributed by atoms with van der Waals surface area (Å²) < 4.78 is 58.3. The number of ether oxygens (including phenoxy) is 2. The Morgan fingerprint density at radius 1 is 1.08 bits per heavy atom. The van der Waals surface area contributed by atoms with Crippen LogP contribution in [0.2, 0.25) is 0 Å². The lowest BCUT2D eigenvalue weighted by Gasteiger charge is -2.20. The molecule has 0 fully saturated rings. The fourth-order valence-corrected chi connectivity index (χ4v) is 5.06. The van der Waals surface area contributed by atoms with E-state index in [9.17, 15) is 17.9 Å². The number of aliphatic hydroxyl groups is 1. The third kappa shape index (κ3) is 4.82. The SMILES string of the molecule is COc1cccc(OC)c1-n1c(CS(=O)(=O)[C@@H](C)[C@H](O)c2ccc(F)cn2)nnc1-c1ccc(C)o1. The molecule has 0 aliphatic rings. The zero-order valence-electron chi connectivity index (χ0n) is 20.0. The van der Waals surface area contributed by atoms with Gasteiger partial charge < -0.3 is 19.0 Å². The zero-order chi connectivity index (χ0) is 26.0. The number of sulfone groups is 1. The summed E-state index contributed by atoms with van der Waals surface area (Å²) in [5, 5.41) is 17.8. The molecular formula is C24H25FN4O6S. The Labute approximate surface area is 207 Å². The second-order valence-corrected chi connectivity index (χ2v) is 10.4. The van der Waals surface area contributed by atoms with E-state index in [4.69, 9.17) is 13.9 Å². The van der Waals surface area contributed by atoms with Gasteiger partial charge in [-0.25, -0.2) is 12.8 Å². The quantitative estimate of drug-likeness (QED) is 0.356. The molecule has 1 aromatic carbocycles. The molecule has 0 aliphatic carbocycles. The summed E-state index contributed by atoms with van der Waals surface area (Å²) in [5.41, 5.74) is 0.419. The van der Waals surface area contributed by atoms with Crippen molar-refractivity contribution in [2.24, 2.45) is 0 Å². The lowest BCUT2D eigenvalue weighted by molar-refractivity contribution is 0.171. The second kappa shape index (κ2) is 10.1. The number of aromatic nitrogens is 4. The number of nitrogens with zero attached hydrogens (tertiary/aromatic N) is 4. The maximum absolute atomic E-state index is 13.4. The molecule has 3 aromatic heterocycles. The van der Waals surface area contributed by atoms with Gasteiger partial charge in [-0.05, 0) is 50.2 Å². The first-order valence-corrected chi connectivity index (χ1v) is 12.6. The average molecular weight is 517 g/mol. The zero-order valence-corrected chi connectivity index (χ0v) is 20.9. The largest absolute Gasteiger partial charge is 0.494 e. The third-order valence-electron chi connectivity index (χ3n) is 5.71. The normalized spacial score (nSPS) is 13.4. The van der Waals surface area contributed by atoms with E-state index in [2.05, 4.69) is 15.2 Å². The predicted octanol–water partition coefficient (Wildman–Crippen LogP) is 3.42. The topological polar surface area (TPSA) is 130 Å². The van der Waals surface area contributed by atoms with Crippen LogP contribution in [0.4, 0.5) is 4.39 Å². The Morgan fingerprint density at radius 3 is 2.33 bits per heavy atom. The molecule has 1 N–H and O–H groups in total. The molecule has 4 rings (SSSR count). The molecule has 0 amide bonds. The van der Waals surface area contributed by atoms with Crippen molar-refractivity contribution in [3.8, 4) is 28.8 Å². The first-order chi connectivity index (χ1) is 17.2. The van der Waals surface area contributed by atoms with Crippen LogP contribution < -0.4 is 9.47 Å². The van der Waals surface area contributed by atoms with Crippen LogP contribution in [-0.2, 0) is 15.6 Å². The van der Waals surface area contributed by atoms with Crippen molar-refractivity contribution in [2.45, 2.75) is 31.0 Å². The molecule has 0 unspecified atom stereocenters. The Balaban J connectivity index is 1.81. The molecule has 4 aromatic rings. The molecule has 12 heteroatoms. The summed E-state index contributed by atoms with van der Waals surface area (Å²) in [4.78, 5) is 3.81. The number of benzene rings is 1. The average Bonchev–Trinajstić information content (AvgIpc) is 3.48. The van der Waals surface area contributed by atoms with Gasteiger partial charge in [-0.2, -0.15) is 0 Å². The molecule has 36 heavy (non-hydrogen) atoms. The van der Waals surface area contributed by atoms with Gasteiger partial charge in [0.25, 0.3) is 0 Å². The van der Waals surface area contributed by atoms with E-state index >= 15 is 0 Å². The number of para-hydroxylation sites is 1. The number of furan rings is 1. The number of rotatable bonds is 9. The Morgan fingerprint density at radius 2 is 1.78 bits per heavy atom. The van der Waals surface area contributed by atoms with E-state index < -0.39 is 32.8 Å². The molecule has 3 heterocycles. The first kappa shape index (κ1) is 25.3. The minimum atomic E-state index is -4.02. The van der Waals surface area contributed by atoms with Crippen molar-refractivity contribution >= 4 is 9.84 Å². The summed E-state index contributed by atoms with van der Waals surface area (Å²) in [7, 11) is -1.07. The number of aryl methyl sites for hydroxylation is 1. The molecule has 0 saturated carbocycles. The van der Waals surface area contributed by atoms with Gasteiger partial charge in [-0.1, -0.05) is 6.07 Å². The highest BCUT2D eigenvalue weighted by atomic mass is 32.2. The van der Waals surface area contributed by atoms with Crippen LogP contribution in [0.5, 0.6) is 11.5 Å². The van der Waals surface area contributed by atoms with Crippen LogP contribution >= 0.6 is 0 Å². The number of aliphatic hydroxyl groups excluding tert-OH is 1. The molecule has 190 valence electrons. The van der Waals surface area contributed by atoms with Crippen LogP contribution in [0.3, 0.4) is 0 Å². The minimum Gasteiger partial charge on any atom is -0.494 e. The van der Waals surface area contributed by atoms with Crippen LogP contribution in [0.1, 0.15) is 30.3 Å². The van der Waals surface area contributed by atoms with Gasteiger partial charge in [0.1, 0.15) is 40.6 Å². The van der Waals surface area contributed by atoms with Crippen molar-refractivity contribution < 1.29 is 31.8 Å². The van der Waals surface area contributed by atoms with Gasteiger partial charge in [0.05, 0.1) is 31.4 Å². The smallest absolute Gasteiger partial charge is 0.204 e. The molecular weight excluding hydrogens is 491 g/mol. The van der Waals surface area contributed by atoms with Gasteiger partial charge in [-0.3, -0.25) is 9.55 Å². The van der Waals surface area contributed by atoms with Gasteiger partial charge in [0.15, 0.2) is 21.4 Å². The number of pyridine rings is 1. The molecule has 2 atom stereocenters. The molecule has 0 saturated heterocycles. The summed E-state index contributed by atoms with van der Waals surface area (Å²) in [6, 6.07) is 10.9. The van der Waals surface area contributed by atoms with Crippen LogP contribution in [-0.4, -0.2) is 52.7 Å². The van der Waals surface area contributed by atoms with E-state index in [0.29, 0.717) is 28.7 Å². The van der Waals surface area contributed by atoms with Gasteiger partial charge in [0, 0.05) is 0 Å². The molecule has 10 nitrogen and oxygen atoms in total. The number of hydrogen-bond donors (Lipinski definition) is 1. The molecule has 0 spiro atoms. The monoisotopic (exact) mass is 516 g/mol. The Bertz CT molecular complexity index is 1440. The van der Waals surface area contributed by atoms with Gasteiger partial charge in [-0.15, -0.1) is 10.2 Å². The van der Waals surface area contributed by atoms with Crippen molar-refractivity contribution in [1.82, 2.24) is 19.7 Å². The van der Waals surface area contributed by atoms with Crippen LogP contribution in [0.15, 0.2) is 53.1 Å². The van der Waals surface area contributed by atoms with E-state index in [1.165, 1.54) is 31.8 Å². The highest BCUT2D eigenvalue weighted by Gasteiger charge is 2.33. The van der Waals surface area contributed by atoms with Crippen molar-refractivity contribution in [1.29, 1.82) is 0 Å². The van der Waals surface area contributed by atoms with Crippen LogP contribution in [0, 0.1) is 12.7 Å². The van der Waals surface area contributed by atoms with Gasteiger partial charge in [0.2, 0.25) is 5.82 Å². The third-order valence-corrected chi connectivity index (χ3v) is 7.76. The highest BCUT2D eigenvalue weighted by Crippen LogP contribution is 2.37. The molecule has 0 aliphatic heterocycles. The van der Waals surface area contributed by atoms with Crippen molar-refractivity contribution in [2.75, 3.05) is 14.2 Å². The Hall–Kier alpha value is -3.77. The van der Waals surface area contributed by atoms with E-state index in [-0.39, 0.29) is 17.3 Å². The van der Waals surface area contributed by atoms with E-state index in [1.54, 1.807) is 37.3 Å². The van der Waals surface area contributed by atoms with Crippen LogP contribution in [0.25, 0.3) is 17.3 Å². The van der Waals surface area contributed by atoms with Crippen molar-refractivity contribution in [3.05, 3.63) is 71.8 Å². The molecule has 0 bridgehead atoms. The first-order valence-electron chi connectivity index (χ1n) is 10.9. The Kier molecular flexibility index (Phi) is 7.09. The fraction of sp³-hybridized carbons (Fsp3) is 0.292. The number of methoxy groups -OCH3 is 2. The summed E-state index contributed by atoms with van der Waals surface area (Å²) in [6.07, 6.45) is -0.569. The summed E-state index contributed by atoms with van der Waals surface area (Å²) >= 11 is 0. The predicted molar refractivity (Wildman–Crippen MR) is 128 cm³/mol. The van der Waals surface area contributed by atoms with Gasteiger partial charge >= 0.3 is 0 Å². The highest BCUT2D eigenvalue weighted by molar-refractivity contribution is 7.91. The fourth-order valence-electron chi connectivity index (χ4n) is 3.72. The summed E-state index contributed by atoms with van der Waals surface area (Å²) in [6.45, 7) is 3.12. The van der Waals surface area contributed by atoms with E-state index in [1.807, 2.05) is 0 Å². The maximum Gasteiger partial charge on any atom is 0.204 e. The number of halogens is 1. The summed E-state index contributed by atoms with van der Waals surface area (Å²) in [5.74, 6) is 0.880. The molecule has 0 radical (unpaired) electrons. The standard InChI is InChI=1S/C24H25FN4O6S/c1-14-8-11-20(35-14)24-28-27-21(29(24)22-18(33-3)6-5-7-19(22)34-4)13-36(31,32)15(2)23(30)17-10-9-16(25)12-26-17/h5-12,15,23,30H,13H2,1-4H3/t15-,23-/m0/s1. The maximum atomic E-state index is 13.4. The van der Waals surface area contributed by atoms with E-state index in [0.717, 1.165) is 12.3 Å². The van der Waals surface area contributed by atoms with Crippen molar-refractivity contribution in [3.63, 3.8) is 0 Å². The lowest BCUT2D eigenvalue weighted by Crippen LogP contribution is -2.28. The second-order valence-electron chi connectivity index (χ2n) is 8.06. The number of hydrogen-bond acceptors (Lipinski definition) is 9. The minimum absolute atomic E-state index is 0.0343. The lowest BCUT2D eigenvalue weighted by atomic mass is 10.2.